The molecule has 2 aromatic rings. The second-order valence-electron chi connectivity index (χ2n) is 4.96. The number of hydrogen-bond donors (Lipinski definition) is 1. The van der Waals surface area contributed by atoms with Gasteiger partial charge in [0.25, 0.3) is 0 Å². The van der Waals surface area contributed by atoms with E-state index >= 15 is 0 Å². The van der Waals surface area contributed by atoms with Crippen molar-refractivity contribution >= 4 is 5.91 Å². The van der Waals surface area contributed by atoms with Gasteiger partial charge in [-0.05, 0) is 29.3 Å². The van der Waals surface area contributed by atoms with Crippen LogP contribution in [0.4, 0.5) is 0 Å². The summed E-state index contributed by atoms with van der Waals surface area (Å²) in [5, 5.41) is 0. The molecule has 0 saturated heterocycles. The van der Waals surface area contributed by atoms with E-state index < -0.39 is 0 Å². The van der Waals surface area contributed by atoms with Gasteiger partial charge in [-0.1, -0.05) is 48.5 Å². The van der Waals surface area contributed by atoms with Crippen molar-refractivity contribution in [3.63, 3.8) is 0 Å². The summed E-state index contributed by atoms with van der Waals surface area (Å²) in [6.07, 6.45) is 0. The van der Waals surface area contributed by atoms with Crippen LogP contribution < -0.4 is 5.73 Å². The zero-order valence-corrected chi connectivity index (χ0v) is 10.8. The third kappa shape index (κ3) is 1.92. The predicted molar refractivity (Wildman–Crippen MR) is 75.5 cm³/mol. The molecule has 1 aliphatic rings. The lowest BCUT2D eigenvalue weighted by Gasteiger charge is -2.24. The van der Waals surface area contributed by atoms with Crippen molar-refractivity contribution in [2.45, 2.75) is 6.04 Å². The van der Waals surface area contributed by atoms with E-state index in [1.54, 1.807) is 0 Å². The van der Waals surface area contributed by atoms with Crippen molar-refractivity contribution < 1.29 is 4.79 Å². The van der Waals surface area contributed by atoms with E-state index in [1.165, 1.54) is 22.3 Å². The summed E-state index contributed by atoms with van der Waals surface area (Å²) in [4.78, 5) is 13.2. The zero-order chi connectivity index (χ0) is 13.4. The molecule has 0 heterocycles. The van der Waals surface area contributed by atoms with E-state index in [-0.39, 0.29) is 18.5 Å². The van der Waals surface area contributed by atoms with Crippen LogP contribution in [0.5, 0.6) is 0 Å². The van der Waals surface area contributed by atoms with Crippen LogP contribution in [0, 0.1) is 0 Å². The Morgan fingerprint density at radius 2 is 1.53 bits per heavy atom. The number of amides is 1. The highest BCUT2D eigenvalue weighted by atomic mass is 16.1. The number of carbonyl (C=O) groups is 1. The van der Waals surface area contributed by atoms with Crippen LogP contribution in [0.3, 0.4) is 0 Å². The van der Waals surface area contributed by atoms with Crippen molar-refractivity contribution in [2.24, 2.45) is 5.73 Å². The lowest BCUT2D eigenvalue weighted by Crippen LogP contribution is -2.33. The second kappa shape index (κ2) is 4.52. The third-order valence-electron chi connectivity index (χ3n) is 3.65. The van der Waals surface area contributed by atoms with Crippen LogP contribution in [0.15, 0.2) is 48.5 Å². The number of carbonyl (C=O) groups excluding carboxylic acids is 1. The van der Waals surface area contributed by atoms with Crippen molar-refractivity contribution in [1.29, 1.82) is 0 Å². The van der Waals surface area contributed by atoms with E-state index in [2.05, 4.69) is 24.3 Å². The molecule has 0 aromatic heterocycles. The normalized spacial score (nSPS) is 13.4. The van der Waals surface area contributed by atoms with Crippen LogP contribution in [-0.2, 0) is 4.79 Å². The lowest BCUT2D eigenvalue weighted by molar-refractivity contribution is -0.119. The van der Waals surface area contributed by atoms with Gasteiger partial charge in [-0.3, -0.25) is 9.69 Å². The lowest BCUT2D eigenvalue weighted by atomic mass is 10.0. The molecule has 0 unspecified atom stereocenters. The Labute approximate surface area is 112 Å². The summed E-state index contributed by atoms with van der Waals surface area (Å²) < 4.78 is 0. The Morgan fingerprint density at radius 3 is 2.00 bits per heavy atom. The fraction of sp³-hybridized carbons (Fsp3) is 0.188. The van der Waals surface area contributed by atoms with E-state index in [4.69, 9.17) is 5.73 Å². The first-order valence-electron chi connectivity index (χ1n) is 6.35. The first-order valence-corrected chi connectivity index (χ1v) is 6.35. The Hall–Kier alpha value is -2.13. The van der Waals surface area contributed by atoms with Gasteiger partial charge in [0.15, 0.2) is 0 Å². The minimum atomic E-state index is -0.302. The van der Waals surface area contributed by atoms with Gasteiger partial charge in [0.2, 0.25) is 5.91 Å². The van der Waals surface area contributed by atoms with Crippen LogP contribution in [0.1, 0.15) is 17.2 Å². The van der Waals surface area contributed by atoms with Crippen LogP contribution >= 0.6 is 0 Å². The van der Waals surface area contributed by atoms with Crippen LogP contribution in [-0.4, -0.2) is 24.4 Å². The van der Waals surface area contributed by atoms with Crippen LogP contribution in [0.25, 0.3) is 11.1 Å². The third-order valence-corrected chi connectivity index (χ3v) is 3.65. The fourth-order valence-corrected chi connectivity index (χ4v) is 2.94. The number of primary amides is 1. The summed E-state index contributed by atoms with van der Waals surface area (Å²) in [6.45, 7) is 0.257. The molecular formula is C16H16N2O. The topological polar surface area (TPSA) is 46.3 Å². The molecule has 0 fully saturated rings. The van der Waals surface area contributed by atoms with Gasteiger partial charge >= 0.3 is 0 Å². The first-order chi connectivity index (χ1) is 9.18. The van der Waals surface area contributed by atoms with Gasteiger partial charge in [0, 0.05) is 0 Å². The van der Waals surface area contributed by atoms with Gasteiger partial charge in [-0.15, -0.1) is 0 Å². The van der Waals surface area contributed by atoms with Gasteiger partial charge in [0.1, 0.15) is 0 Å². The maximum Gasteiger partial charge on any atom is 0.231 e. The molecule has 3 nitrogen and oxygen atoms in total. The molecule has 2 N–H and O–H groups in total. The highest BCUT2D eigenvalue weighted by Crippen LogP contribution is 2.45. The van der Waals surface area contributed by atoms with Crippen molar-refractivity contribution in [1.82, 2.24) is 4.90 Å². The maximum absolute atomic E-state index is 11.2. The number of nitrogens with two attached hydrogens (primary N) is 1. The quantitative estimate of drug-likeness (QED) is 0.910. The second-order valence-corrected chi connectivity index (χ2v) is 4.96. The predicted octanol–water partition coefficient (Wildman–Crippen LogP) is 2.17. The van der Waals surface area contributed by atoms with Gasteiger partial charge in [0.05, 0.1) is 12.6 Å². The molecule has 0 atom stereocenters. The van der Waals surface area contributed by atoms with Crippen LogP contribution in [0.2, 0.25) is 0 Å². The SMILES string of the molecule is CN(CC(N)=O)C1c2ccccc2-c2ccccc21. The largest absolute Gasteiger partial charge is 0.369 e. The van der Waals surface area contributed by atoms with Gasteiger partial charge in [-0.25, -0.2) is 0 Å². The molecule has 1 aliphatic carbocycles. The molecule has 3 heteroatoms. The minimum absolute atomic E-state index is 0.111. The van der Waals surface area contributed by atoms with E-state index in [9.17, 15) is 4.79 Å². The number of benzene rings is 2. The molecule has 19 heavy (non-hydrogen) atoms. The summed E-state index contributed by atoms with van der Waals surface area (Å²) >= 11 is 0. The summed E-state index contributed by atoms with van der Waals surface area (Å²) in [5.41, 5.74) is 10.3. The molecule has 3 rings (SSSR count). The average molecular weight is 252 g/mol. The van der Waals surface area contributed by atoms with Crippen molar-refractivity contribution in [3.05, 3.63) is 59.7 Å². The van der Waals surface area contributed by atoms with E-state index in [1.807, 2.05) is 36.2 Å². The van der Waals surface area contributed by atoms with Gasteiger partial charge in [-0.2, -0.15) is 0 Å². The molecule has 0 aliphatic heterocycles. The van der Waals surface area contributed by atoms with Crippen molar-refractivity contribution in [3.8, 4) is 11.1 Å². The highest BCUT2D eigenvalue weighted by molar-refractivity contribution is 5.80. The highest BCUT2D eigenvalue weighted by Gasteiger charge is 2.31. The molecule has 0 bridgehead atoms. The molecule has 0 radical (unpaired) electrons. The number of hydrogen-bond acceptors (Lipinski definition) is 2. The summed E-state index contributed by atoms with van der Waals surface area (Å²) in [7, 11) is 1.94. The molecule has 0 spiro atoms. The van der Waals surface area contributed by atoms with E-state index in [0.717, 1.165) is 0 Å². The number of rotatable bonds is 3. The average Bonchev–Trinajstić information content (AvgIpc) is 2.72. The molecule has 96 valence electrons. The van der Waals surface area contributed by atoms with E-state index in [0.29, 0.717) is 0 Å². The Morgan fingerprint density at radius 1 is 1.05 bits per heavy atom. The smallest absolute Gasteiger partial charge is 0.231 e. The van der Waals surface area contributed by atoms with Crippen molar-refractivity contribution in [2.75, 3.05) is 13.6 Å². The standard InChI is InChI=1S/C16H16N2O/c1-18(10-15(17)19)16-13-8-4-2-6-11(13)12-7-3-5-9-14(12)16/h2-9,16H,10H2,1H3,(H2,17,19). The Kier molecular flexibility index (Phi) is 2.84. The Balaban J connectivity index is 2.12. The number of nitrogens with zero attached hydrogens (tertiary/aromatic N) is 1. The molecular weight excluding hydrogens is 236 g/mol. The first kappa shape index (κ1) is 11.9. The fourth-order valence-electron chi connectivity index (χ4n) is 2.94. The minimum Gasteiger partial charge on any atom is -0.369 e. The Bertz CT molecular complexity index is 591. The number of fused-ring (bicyclic) bond motifs is 3. The maximum atomic E-state index is 11.2. The molecule has 2 aromatic carbocycles. The molecule has 1 amide bonds. The number of likely N-dealkylation sites (N-methyl/N-ethyl adjacent to an activating group) is 1. The zero-order valence-electron chi connectivity index (χ0n) is 10.8. The molecule has 0 saturated carbocycles. The monoisotopic (exact) mass is 252 g/mol. The summed E-state index contributed by atoms with van der Waals surface area (Å²) in [6, 6.07) is 16.8. The summed E-state index contributed by atoms with van der Waals surface area (Å²) in [5.74, 6) is -0.302. The van der Waals surface area contributed by atoms with Gasteiger partial charge < -0.3 is 5.73 Å².